The third-order valence-electron chi connectivity index (χ3n) is 6.53. The Bertz CT molecular complexity index is 650. The number of piperidine rings is 1. The number of amides is 4. The Hall–Kier alpha value is -2.24. The van der Waals surface area contributed by atoms with E-state index in [1.54, 1.807) is 0 Å². The first-order valence-corrected chi connectivity index (χ1v) is 11.8. The fourth-order valence-electron chi connectivity index (χ4n) is 4.52. The van der Waals surface area contributed by atoms with Gasteiger partial charge in [-0.15, -0.1) is 0 Å². The van der Waals surface area contributed by atoms with Gasteiger partial charge in [-0.3, -0.25) is 0 Å². The molecule has 1 saturated carbocycles. The van der Waals surface area contributed by atoms with Crippen LogP contribution >= 0.6 is 0 Å². The molecule has 2 aliphatic rings. The molecule has 6 heteroatoms. The first kappa shape index (κ1) is 22.4. The van der Waals surface area contributed by atoms with Gasteiger partial charge in [-0.05, 0) is 44.1 Å². The molecule has 4 amide bonds. The number of urea groups is 2. The number of rotatable bonds is 5. The molecule has 1 unspecified atom stereocenters. The minimum Gasteiger partial charge on any atom is -0.338 e. The molecule has 1 aromatic rings. The molecule has 6 nitrogen and oxygen atoms in total. The second-order valence-electron chi connectivity index (χ2n) is 8.91. The summed E-state index contributed by atoms with van der Waals surface area (Å²) in [6.45, 7) is 4.18. The highest BCUT2D eigenvalue weighted by Gasteiger charge is 2.24. The molecule has 30 heavy (non-hydrogen) atoms. The normalized spacial score (nSPS) is 20.0. The van der Waals surface area contributed by atoms with Crippen molar-refractivity contribution in [3.63, 3.8) is 0 Å². The van der Waals surface area contributed by atoms with Crippen molar-refractivity contribution in [3.05, 3.63) is 35.9 Å². The molecular weight excluding hydrogens is 376 g/mol. The van der Waals surface area contributed by atoms with Crippen LogP contribution in [0.3, 0.4) is 0 Å². The molecule has 3 rings (SSSR count). The number of benzene rings is 1. The van der Waals surface area contributed by atoms with Crippen LogP contribution in [0, 0.1) is 5.92 Å². The van der Waals surface area contributed by atoms with E-state index < -0.39 is 0 Å². The summed E-state index contributed by atoms with van der Waals surface area (Å²) in [4.78, 5) is 26.7. The first-order valence-electron chi connectivity index (χ1n) is 11.8. The van der Waals surface area contributed by atoms with Crippen LogP contribution < -0.4 is 16.0 Å². The van der Waals surface area contributed by atoms with Crippen LogP contribution in [0.1, 0.15) is 76.3 Å². The van der Waals surface area contributed by atoms with Gasteiger partial charge in [-0.2, -0.15) is 0 Å². The summed E-state index contributed by atoms with van der Waals surface area (Å²) in [5, 5.41) is 9.32. The van der Waals surface area contributed by atoms with Gasteiger partial charge >= 0.3 is 12.1 Å². The third kappa shape index (κ3) is 7.22. The number of hydrogen-bond acceptors (Lipinski definition) is 2. The quantitative estimate of drug-likeness (QED) is 0.660. The van der Waals surface area contributed by atoms with Crippen molar-refractivity contribution in [2.45, 2.75) is 76.8 Å². The van der Waals surface area contributed by atoms with Gasteiger partial charge in [0.2, 0.25) is 0 Å². The van der Waals surface area contributed by atoms with Crippen LogP contribution in [-0.2, 0) is 0 Å². The zero-order chi connectivity index (χ0) is 21.2. The lowest BCUT2D eigenvalue weighted by atomic mass is 9.96. The maximum absolute atomic E-state index is 12.6. The molecule has 0 aromatic heterocycles. The van der Waals surface area contributed by atoms with Crippen LogP contribution in [-0.4, -0.2) is 42.6 Å². The van der Waals surface area contributed by atoms with E-state index in [1.807, 2.05) is 42.2 Å². The summed E-state index contributed by atoms with van der Waals surface area (Å²) in [5.41, 5.74) is 1.11. The minimum atomic E-state index is -0.0302. The minimum absolute atomic E-state index is 0.000197. The molecule has 1 heterocycles. The third-order valence-corrected chi connectivity index (χ3v) is 6.53. The second-order valence-corrected chi connectivity index (χ2v) is 8.91. The number of hydrogen-bond donors (Lipinski definition) is 3. The number of likely N-dealkylation sites (tertiary alicyclic amines) is 1. The molecule has 1 atom stereocenters. The van der Waals surface area contributed by atoms with Gasteiger partial charge in [0.05, 0.1) is 6.04 Å². The molecule has 166 valence electrons. The van der Waals surface area contributed by atoms with E-state index in [0.29, 0.717) is 18.5 Å². The lowest BCUT2D eigenvalue weighted by Gasteiger charge is -2.33. The van der Waals surface area contributed by atoms with E-state index in [-0.39, 0.29) is 18.1 Å². The van der Waals surface area contributed by atoms with Gasteiger partial charge < -0.3 is 20.9 Å². The van der Waals surface area contributed by atoms with Crippen molar-refractivity contribution in [1.29, 1.82) is 0 Å². The van der Waals surface area contributed by atoms with E-state index in [2.05, 4.69) is 16.0 Å². The Morgan fingerprint density at radius 3 is 2.27 bits per heavy atom. The average molecular weight is 415 g/mol. The Morgan fingerprint density at radius 2 is 1.60 bits per heavy atom. The van der Waals surface area contributed by atoms with Crippen LogP contribution in [0.5, 0.6) is 0 Å². The Kier molecular flexibility index (Phi) is 8.84. The standard InChI is InChI=1S/C24H38N4O2/c1-19(21-10-6-5-7-11-21)26-24(30)28-16-14-20(15-17-28)18-25-23(29)27-22-12-8-3-2-4-9-13-22/h5-7,10-11,19-20,22H,2-4,8-9,12-18H2,1H3,(H,26,30)(H2,25,27,29). The summed E-state index contributed by atoms with van der Waals surface area (Å²) in [7, 11) is 0. The zero-order valence-electron chi connectivity index (χ0n) is 18.4. The highest BCUT2D eigenvalue weighted by molar-refractivity contribution is 5.75. The van der Waals surface area contributed by atoms with Gasteiger partial charge in [0, 0.05) is 25.7 Å². The average Bonchev–Trinajstić information content (AvgIpc) is 2.75. The fraction of sp³-hybridized carbons (Fsp3) is 0.667. The van der Waals surface area contributed by atoms with Crippen LogP contribution in [0.4, 0.5) is 9.59 Å². The van der Waals surface area contributed by atoms with Gasteiger partial charge in [-0.1, -0.05) is 62.4 Å². The molecule has 1 aliphatic carbocycles. The van der Waals surface area contributed by atoms with E-state index in [1.165, 1.54) is 32.1 Å². The van der Waals surface area contributed by atoms with Gasteiger partial charge in [0.15, 0.2) is 0 Å². The van der Waals surface area contributed by atoms with E-state index in [0.717, 1.165) is 44.3 Å². The summed E-state index contributed by atoms with van der Waals surface area (Å²) >= 11 is 0. The van der Waals surface area contributed by atoms with E-state index in [4.69, 9.17) is 0 Å². The maximum atomic E-state index is 12.6. The molecule has 1 aliphatic heterocycles. The number of carbonyl (C=O) groups is 2. The van der Waals surface area contributed by atoms with E-state index in [9.17, 15) is 9.59 Å². The zero-order valence-corrected chi connectivity index (χ0v) is 18.4. The lowest BCUT2D eigenvalue weighted by molar-refractivity contribution is 0.166. The molecule has 3 N–H and O–H groups in total. The van der Waals surface area contributed by atoms with Crippen molar-refractivity contribution in [2.75, 3.05) is 19.6 Å². The number of carbonyl (C=O) groups excluding carboxylic acids is 2. The van der Waals surface area contributed by atoms with Crippen LogP contribution in [0.25, 0.3) is 0 Å². The summed E-state index contributed by atoms with van der Waals surface area (Å²) in [5.74, 6) is 0.434. The Labute approximate surface area is 181 Å². The fourth-order valence-corrected chi connectivity index (χ4v) is 4.52. The van der Waals surface area contributed by atoms with Crippen molar-refractivity contribution in [2.24, 2.45) is 5.92 Å². The van der Waals surface area contributed by atoms with Gasteiger partial charge in [0.1, 0.15) is 0 Å². The molecule has 0 spiro atoms. The molecule has 1 saturated heterocycles. The second kappa shape index (κ2) is 11.8. The molecule has 0 radical (unpaired) electrons. The Balaban J connectivity index is 1.33. The first-order chi connectivity index (χ1) is 14.6. The van der Waals surface area contributed by atoms with Crippen molar-refractivity contribution >= 4 is 12.1 Å². The molecule has 2 fully saturated rings. The molecular formula is C24H38N4O2. The molecule has 0 bridgehead atoms. The SMILES string of the molecule is CC(NC(=O)N1CCC(CNC(=O)NC2CCCCCCC2)CC1)c1ccccc1. The highest BCUT2D eigenvalue weighted by Crippen LogP contribution is 2.19. The van der Waals surface area contributed by atoms with Crippen LogP contribution in [0.2, 0.25) is 0 Å². The van der Waals surface area contributed by atoms with E-state index >= 15 is 0 Å². The summed E-state index contributed by atoms with van der Waals surface area (Å²) in [6, 6.07) is 10.3. The lowest BCUT2D eigenvalue weighted by Crippen LogP contribution is -2.48. The monoisotopic (exact) mass is 414 g/mol. The number of nitrogens with one attached hydrogen (secondary N) is 3. The topological polar surface area (TPSA) is 73.5 Å². The highest BCUT2D eigenvalue weighted by atomic mass is 16.2. The Morgan fingerprint density at radius 1 is 0.967 bits per heavy atom. The maximum Gasteiger partial charge on any atom is 0.317 e. The van der Waals surface area contributed by atoms with Gasteiger partial charge in [0.25, 0.3) is 0 Å². The summed E-state index contributed by atoms with van der Waals surface area (Å²) < 4.78 is 0. The largest absolute Gasteiger partial charge is 0.338 e. The predicted molar refractivity (Wildman–Crippen MR) is 120 cm³/mol. The summed E-state index contributed by atoms with van der Waals surface area (Å²) in [6.07, 6.45) is 10.4. The smallest absolute Gasteiger partial charge is 0.317 e. The predicted octanol–water partition coefficient (Wildman–Crippen LogP) is 4.58. The van der Waals surface area contributed by atoms with Gasteiger partial charge in [-0.25, -0.2) is 9.59 Å². The molecule has 1 aromatic carbocycles. The van der Waals surface area contributed by atoms with Crippen molar-refractivity contribution in [1.82, 2.24) is 20.9 Å². The number of nitrogens with zero attached hydrogens (tertiary/aromatic N) is 1. The van der Waals surface area contributed by atoms with Crippen molar-refractivity contribution < 1.29 is 9.59 Å². The van der Waals surface area contributed by atoms with Crippen LogP contribution in [0.15, 0.2) is 30.3 Å². The van der Waals surface area contributed by atoms with Crippen molar-refractivity contribution in [3.8, 4) is 0 Å².